The topological polar surface area (TPSA) is 71.3 Å². The zero-order valence-electron chi connectivity index (χ0n) is 13.9. The van der Waals surface area contributed by atoms with Crippen molar-refractivity contribution >= 4 is 5.91 Å². The van der Waals surface area contributed by atoms with Gasteiger partial charge in [-0.3, -0.25) is 4.79 Å². The summed E-state index contributed by atoms with van der Waals surface area (Å²) in [5, 5.41) is 12.1. The Kier molecular flexibility index (Phi) is 5.65. The molecular weight excluding hydrogens is 316 g/mol. The number of amides is 1. The van der Waals surface area contributed by atoms with Crippen LogP contribution in [-0.2, 0) is 9.53 Å². The van der Waals surface area contributed by atoms with E-state index in [1.54, 1.807) is 24.3 Å². The Morgan fingerprint density at radius 3 is 2.72 bits per heavy atom. The number of hydrogen-bond acceptors (Lipinski definition) is 4. The van der Waals surface area contributed by atoms with E-state index in [4.69, 9.17) is 14.7 Å². The second-order valence-electron chi connectivity index (χ2n) is 5.90. The van der Waals surface area contributed by atoms with Gasteiger partial charge in [-0.05, 0) is 30.5 Å². The summed E-state index contributed by atoms with van der Waals surface area (Å²) in [5.41, 5.74) is 1.43. The minimum absolute atomic E-state index is 0.0299. The van der Waals surface area contributed by atoms with E-state index < -0.39 is 0 Å². The van der Waals surface area contributed by atoms with E-state index in [-0.39, 0.29) is 24.7 Å². The number of carbonyl (C=O) groups excluding carboxylic acids is 1. The third kappa shape index (κ3) is 4.37. The Morgan fingerprint density at radius 1 is 1.24 bits per heavy atom. The van der Waals surface area contributed by atoms with E-state index in [0.29, 0.717) is 11.3 Å². The molecule has 0 radical (unpaired) electrons. The van der Waals surface area contributed by atoms with E-state index in [0.717, 1.165) is 25.0 Å². The van der Waals surface area contributed by atoms with Crippen LogP contribution in [0.2, 0.25) is 0 Å². The molecule has 25 heavy (non-hydrogen) atoms. The molecule has 0 spiro atoms. The van der Waals surface area contributed by atoms with Crippen LogP contribution in [0.1, 0.15) is 30.0 Å². The second kappa shape index (κ2) is 8.32. The molecule has 1 N–H and O–H groups in total. The summed E-state index contributed by atoms with van der Waals surface area (Å²) in [5.74, 6) is 0.172. The van der Waals surface area contributed by atoms with Crippen LogP contribution >= 0.6 is 0 Å². The van der Waals surface area contributed by atoms with Crippen LogP contribution in [0, 0.1) is 11.3 Å². The molecule has 1 amide bonds. The lowest BCUT2D eigenvalue weighted by Gasteiger charge is -2.24. The average molecular weight is 336 g/mol. The van der Waals surface area contributed by atoms with E-state index in [9.17, 15) is 4.79 Å². The van der Waals surface area contributed by atoms with Crippen LogP contribution in [0.3, 0.4) is 0 Å². The van der Waals surface area contributed by atoms with E-state index in [1.165, 1.54) is 0 Å². The fourth-order valence-corrected chi connectivity index (χ4v) is 2.96. The first kappa shape index (κ1) is 17.0. The highest BCUT2D eigenvalue weighted by atomic mass is 16.5. The lowest BCUT2D eigenvalue weighted by Crippen LogP contribution is -2.38. The predicted octanol–water partition coefficient (Wildman–Crippen LogP) is 2.97. The third-order valence-corrected chi connectivity index (χ3v) is 4.18. The molecule has 1 aliphatic rings. The molecule has 1 saturated heterocycles. The van der Waals surface area contributed by atoms with Gasteiger partial charge in [-0.2, -0.15) is 5.26 Å². The SMILES string of the molecule is N#Cc1ccccc1OCC(=O)N[C@H](c1ccccc1)[C@H]1CCCO1. The van der Waals surface area contributed by atoms with Crippen LogP contribution in [0.25, 0.3) is 0 Å². The van der Waals surface area contributed by atoms with Crippen LogP contribution < -0.4 is 10.1 Å². The Morgan fingerprint density at radius 2 is 2.00 bits per heavy atom. The number of rotatable bonds is 6. The molecule has 0 aliphatic carbocycles. The second-order valence-corrected chi connectivity index (χ2v) is 5.90. The quantitative estimate of drug-likeness (QED) is 0.880. The van der Waals surface area contributed by atoms with Gasteiger partial charge < -0.3 is 14.8 Å². The number of hydrogen-bond donors (Lipinski definition) is 1. The van der Waals surface area contributed by atoms with Gasteiger partial charge in [-0.25, -0.2) is 0 Å². The number of para-hydroxylation sites is 1. The van der Waals surface area contributed by atoms with Crippen molar-refractivity contribution in [3.8, 4) is 11.8 Å². The van der Waals surface area contributed by atoms with E-state index >= 15 is 0 Å². The molecule has 2 aromatic carbocycles. The molecule has 1 aliphatic heterocycles. The maximum absolute atomic E-state index is 12.4. The molecule has 0 saturated carbocycles. The summed E-state index contributed by atoms with van der Waals surface area (Å²) in [6.07, 6.45) is 1.88. The lowest BCUT2D eigenvalue weighted by atomic mass is 9.99. The molecule has 5 heteroatoms. The Bertz CT molecular complexity index is 749. The van der Waals surface area contributed by atoms with E-state index in [2.05, 4.69) is 11.4 Å². The first-order chi connectivity index (χ1) is 12.3. The van der Waals surface area contributed by atoms with Gasteiger partial charge in [0.05, 0.1) is 17.7 Å². The van der Waals surface area contributed by atoms with Crippen LogP contribution in [0.4, 0.5) is 0 Å². The van der Waals surface area contributed by atoms with Crippen molar-refractivity contribution in [2.75, 3.05) is 13.2 Å². The van der Waals surface area contributed by atoms with Gasteiger partial charge in [0.1, 0.15) is 11.8 Å². The summed E-state index contributed by atoms with van der Waals surface area (Å²) >= 11 is 0. The van der Waals surface area contributed by atoms with Crippen LogP contribution in [0.5, 0.6) is 5.75 Å². The van der Waals surface area contributed by atoms with Crippen LogP contribution in [0.15, 0.2) is 54.6 Å². The summed E-state index contributed by atoms with van der Waals surface area (Å²) in [7, 11) is 0. The molecule has 2 atom stereocenters. The molecule has 2 aromatic rings. The normalized spacial score (nSPS) is 17.5. The summed E-state index contributed by atoms with van der Waals surface area (Å²) in [6.45, 7) is 0.574. The first-order valence-electron chi connectivity index (χ1n) is 8.36. The number of ether oxygens (including phenoxy) is 2. The molecular formula is C20H20N2O3. The highest BCUT2D eigenvalue weighted by Crippen LogP contribution is 2.27. The van der Waals surface area contributed by atoms with Gasteiger partial charge in [0, 0.05) is 6.61 Å². The molecule has 1 heterocycles. The summed E-state index contributed by atoms with van der Waals surface area (Å²) in [6, 6.07) is 18.5. The standard InChI is InChI=1S/C20H20N2O3/c21-13-16-9-4-5-10-17(16)25-14-19(23)22-20(18-11-6-12-24-18)15-7-2-1-3-8-15/h1-5,7-10,18,20H,6,11-12,14H2,(H,22,23)/t18-,20-/m1/s1. The zero-order chi connectivity index (χ0) is 17.5. The highest BCUT2D eigenvalue weighted by Gasteiger charge is 2.28. The largest absolute Gasteiger partial charge is 0.482 e. The molecule has 1 fully saturated rings. The summed E-state index contributed by atoms with van der Waals surface area (Å²) in [4.78, 5) is 12.4. The monoisotopic (exact) mass is 336 g/mol. The van der Waals surface area contributed by atoms with Gasteiger partial charge in [0.25, 0.3) is 5.91 Å². The van der Waals surface area contributed by atoms with Gasteiger partial charge >= 0.3 is 0 Å². The Hall–Kier alpha value is -2.84. The minimum Gasteiger partial charge on any atom is -0.482 e. The van der Waals surface area contributed by atoms with Crippen molar-refractivity contribution < 1.29 is 14.3 Å². The fraction of sp³-hybridized carbons (Fsp3) is 0.300. The average Bonchev–Trinajstić information content (AvgIpc) is 3.20. The zero-order valence-corrected chi connectivity index (χ0v) is 13.9. The molecule has 128 valence electrons. The predicted molar refractivity (Wildman–Crippen MR) is 93.0 cm³/mol. The van der Waals surface area contributed by atoms with Crippen molar-refractivity contribution in [3.05, 3.63) is 65.7 Å². The summed E-state index contributed by atoms with van der Waals surface area (Å²) < 4.78 is 11.3. The van der Waals surface area contributed by atoms with E-state index in [1.807, 2.05) is 30.3 Å². The molecule has 3 rings (SSSR count). The first-order valence-corrected chi connectivity index (χ1v) is 8.36. The molecule has 0 bridgehead atoms. The maximum atomic E-state index is 12.4. The Labute approximate surface area is 147 Å². The number of nitriles is 1. The van der Waals surface area contributed by atoms with Crippen molar-refractivity contribution in [3.63, 3.8) is 0 Å². The Balaban J connectivity index is 1.65. The van der Waals surface area contributed by atoms with Gasteiger partial charge in [0.2, 0.25) is 0 Å². The number of carbonyl (C=O) groups is 1. The maximum Gasteiger partial charge on any atom is 0.258 e. The number of nitrogens with zero attached hydrogens (tertiary/aromatic N) is 1. The minimum atomic E-state index is -0.239. The van der Waals surface area contributed by atoms with Crippen molar-refractivity contribution in [1.82, 2.24) is 5.32 Å². The molecule has 0 aromatic heterocycles. The molecule has 5 nitrogen and oxygen atoms in total. The highest BCUT2D eigenvalue weighted by molar-refractivity contribution is 5.78. The smallest absolute Gasteiger partial charge is 0.258 e. The van der Waals surface area contributed by atoms with Crippen molar-refractivity contribution in [2.24, 2.45) is 0 Å². The number of benzene rings is 2. The third-order valence-electron chi connectivity index (χ3n) is 4.18. The fourth-order valence-electron chi connectivity index (χ4n) is 2.96. The van der Waals surface area contributed by atoms with Crippen molar-refractivity contribution in [1.29, 1.82) is 5.26 Å². The lowest BCUT2D eigenvalue weighted by molar-refractivity contribution is -0.124. The van der Waals surface area contributed by atoms with Crippen LogP contribution in [-0.4, -0.2) is 25.2 Å². The van der Waals surface area contributed by atoms with Gasteiger partial charge in [0.15, 0.2) is 6.61 Å². The van der Waals surface area contributed by atoms with Gasteiger partial charge in [-0.15, -0.1) is 0 Å². The number of nitrogens with one attached hydrogen (secondary N) is 1. The van der Waals surface area contributed by atoms with Gasteiger partial charge in [-0.1, -0.05) is 42.5 Å². The molecule has 0 unspecified atom stereocenters. The van der Waals surface area contributed by atoms with Crippen molar-refractivity contribution in [2.45, 2.75) is 25.0 Å².